The SMILES string of the molecule is Cc1nc(C(C)(C)C)[nH]c(=O)c1C(=O)NCC1=CCNCC1. The van der Waals surface area contributed by atoms with E-state index in [9.17, 15) is 9.59 Å². The Balaban J connectivity index is 2.16. The standard InChI is InChI=1S/C16H24N4O2/c1-10-12(14(22)20-15(19-10)16(2,3)4)13(21)18-9-11-5-7-17-8-6-11/h5,17H,6-9H2,1-4H3,(H,18,21)(H,19,20,22). The van der Waals surface area contributed by atoms with E-state index in [1.165, 1.54) is 5.57 Å². The molecule has 0 atom stereocenters. The molecule has 2 rings (SSSR count). The lowest BCUT2D eigenvalue weighted by molar-refractivity contribution is 0.0953. The van der Waals surface area contributed by atoms with Crippen molar-refractivity contribution in [2.45, 2.75) is 39.5 Å². The second kappa shape index (κ2) is 6.44. The zero-order valence-electron chi connectivity index (χ0n) is 13.7. The molecule has 1 aliphatic heterocycles. The smallest absolute Gasteiger partial charge is 0.264 e. The highest BCUT2D eigenvalue weighted by molar-refractivity contribution is 5.94. The third-order valence-corrected chi connectivity index (χ3v) is 3.67. The lowest BCUT2D eigenvalue weighted by atomic mass is 9.95. The van der Waals surface area contributed by atoms with Gasteiger partial charge in [0.15, 0.2) is 0 Å². The molecule has 0 fully saturated rings. The topological polar surface area (TPSA) is 86.9 Å². The number of aryl methyl sites for hydroxylation is 1. The molecule has 0 saturated heterocycles. The predicted octanol–water partition coefficient (Wildman–Crippen LogP) is 1.03. The Morgan fingerprint density at radius 3 is 2.68 bits per heavy atom. The molecule has 3 N–H and O–H groups in total. The molecule has 0 bridgehead atoms. The summed E-state index contributed by atoms with van der Waals surface area (Å²) in [7, 11) is 0. The molecular formula is C16H24N4O2. The van der Waals surface area contributed by atoms with E-state index in [2.05, 4.69) is 26.7 Å². The van der Waals surface area contributed by atoms with Crippen molar-refractivity contribution in [1.29, 1.82) is 0 Å². The number of nitrogens with one attached hydrogen (secondary N) is 3. The van der Waals surface area contributed by atoms with Crippen molar-refractivity contribution >= 4 is 5.91 Å². The maximum Gasteiger partial charge on any atom is 0.264 e. The van der Waals surface area contributed by atoms with E-state index in [0.29, 0.717) is 18.1 Å². The largest absolute Gasteiger partial charge is 0.348 e. The molecule has 1 aromatic rings. The first kappa shape index (κ1) is 16.4. The molecule has 0 saturated carbocycles. The van der Waals surface area contributed by atoms with Crippen LogP contribution in [0.3, 0.4) is 0 Å². The summed E-state index contributed by atoms with van der Waals surface area (Å²) in [6.07, 6.45) is 2.98. The molecule has 0 radical (unpaired) electrons. The molecule has 2 heterocycles. The molecular weight excluding hydrogens is 280 g/mol. The van der Waals surface area contributed by atoms with Crippen molar-refractivity contribution in [2.24, 2.45) is 0 Å². The second-order valence-corrected chi connectivity index (χ2v) is 6.62. The Morgan fingerprint density at radius 1 is 1.41 bits per heavy atom. The molecule has 0 aliphatic carbocycles. The summed E-state index contributed by atoms with van der Waals surface area (Å²) >= 11 is 0. The van der Waals surface area contributed by atoms with E-state index >= 15 is 0 Å². The van der Waals surface area contributed by atoms with E-state index in [1.54, 1.807) is 6.92 Å². The highest BCUT2D eigenvalue weighted by Gasteiger charge is 2.22. The number of amides is 1. The Hall–Kier alpha value is -1.95. The summed E-state index contributed by atoms with van der Waals surface area (Å²) in [4.78, 5) is 31.6. The van der Waals surface area contributed by atoms with Gasteiger partial charge < -0.3 is 15.6 Å². The van der Waals surface area contributed by atoms with E-state index < -0.39 is 0 Å². The van der Waals surface area contributed by atoms with Gasteiger partial charge in [-0.15, -0.1) is 0 Å². The summed E-state index contributed by atoms with van der Waals surface area (Å²) in [5.41, 5.74) is 1.10. The molecule has 6 heteroatoms. The number of rotatable bonds is 3. The third-order valence-electron chi connectivity index (χ3n) is 3.67. The van der Waals surface area contributed by atoms with Crippen molar-refractivity contribution in [2.75, 3.05) is 19.6 Å². The highest BCUT2D eigenvalue weighted by Crippen LogP contribution is 2.17. The van der Waals surface area contributed by atoms with Gasteiger partial charge >= 0.3 is 0 Å². The Bertz CT molecular complexity index is 653. The fourth-order valence-corrected chi connectivity index (χ4v) is 2.32. The number of hydrogen-bond donors (Lipinski definition) is 3. The van der Waals surface area contributed by atoms with Gasteiger partial charge in [-0.3, -0.25) is 9.59 Å². The quantitative estimate of drug-likeness (QED) is 0.728. The fourth-order valence-electron chi connectivity index (χ4n) is 2.32. The fraction of sp³-hybridized carbons (Fsp3) is 0.562. The average Bonchev–Trinajstić information content (AvgIpc) is 2.44. The van der Waals surface area contributed by atoms with Crippen molar-refractivity contribution < 1.29 is 4.79 Å². The van der Waals surface area contributed by atoms with Gasteiger partial charge in [-0.2, -0.15) is 0 Å². The summed E-state index contributed by atoms with van der Waals surface area (Å²) in [6, 6.07) is 0. The van der Waals surface area contributed by atoms with Crippen molar-refractivity contribution in [1.82, 2.24) is 20.6 Å². The molecule has 22 heavy (non-hydrogen) atoms. The predicted molar refractivity (Wildman–Crippen MR) is 86.2 cm³/mol. The maximum absolute atomic E-state index is 12.3. The summed E-state index contributed by atoms with van der Waals surface area (Å²) in [6.45, 7) is 9.82. The van der Waals surface area contributed by atoms with Crippen molar-refractivity contribution in [3.05, 3.63) is 39.1 Å². The van der Waals surface area contributed by atoms with Crippen LogP contribution < -0.4 is 16.2 Å². The highest BCUT2D eigenvalue weighted by atomic mass is 16.2. The van der Waals surface area contributed by atoms with Gasteiger partial charge in [0, 0.05) is 18.5 Å². The summed E-state index contributed by atoms with van der Waals surface area (Å²) in [5.74, 6) is 0.221. The van der Waals surface area contributed by atoms with E-state index in [1.807, 2.05) is 20.8 Å². The average molecular weight is 304 g/mol. The number of hydrogen-bond acceptors (Lipinski definition) is 4. The van der Waals surface area contributed by atoms with Crippen LogP contribution >= 0.6 is 0 Å². The van der Waals surface area contributed by atoms with Gasteiger partial charge in [-0.25, -0.2) is 4.98 Å². The van der Waals surface area contributed by atoms with Crippen LogP contribution in [-0.2, 0) is 5.41 Å². The van der Waals surface area contributed by atoms with Crippen LogP contribution in [0.2, 0.25) is 0 Å². The molecule has 0 unspecified atom stereocenters. The van der Waals surface area contributed by atoms with Gasteiger partial charge in [0.25, 0.3) is 11.5 Å². The minimum Gasteiger partial charge on any atom is -0.348 e. The van der Waals surface area contributed by atoms with Gasteiger partial charge in [-0.1, -0.05) is 32.4 Å². The minimum absolute atomic E-state index is 0.0996. The number of H-pyrrole nitrogens is 1. The number of aromatic amines is 1. The Kier molecular flexibility index (Phi) is 4.81. The second-order valence-electron chi connectivity index (χ2n) is 6.62. The molecule has 1 amide bonds. The van der Waals surface area contributed by atoms with Crippen LogP contribution in [0.25, 0.3) is 0 Å². The normalized spacial score (nSPS) is 15.4. The summed E-state index contributed by atoms with van der Waals surface area (Å²) in [5, 5.41) is 6.03. The van der Waals surface area contributed by atoms with Crippen LogP contribution in [0.1, 0.15) is 49.1 Å². The Morgan fingerprint density at radius 2 is 2.14 bits per heavy atom. The first-order chi connectivity index (χ1) is 10.3. The van der Waals surface area contributed by atoms with Crippen LogP contribution in [0, 0.1) is 6.92 Å². The number of carbonyl (C=O) groups is 1. The van der Waals surface area contributed by atoms with Crippen LogP contribution in [0.4, 0.5) is 0 Å². The van der Waals surface area contributed by atoms with E-state index in [-0.39, 0.29) is 22.4 Å². The number of carbonyl (C=O) groups excluding carboxylic acids is 1. The lowest BCUT2D eigenvalue weighted by Gasteiger charge is -2.18. The van der Waals surface area contributed by atoms with Gasteiger partial charge in [0.1, 0.15) is 11.4 Å². The van der Waals surface area contributed by atoms with E-state index in [0.717, 1.165) is 19.5 Å². The van der Waals surface area contributed by atoms with E-state index in [4.69, 9.17) is 0 Å². The third kappa shape index (κ3) is 3.82. The van der Waals surface area contributed by atoms with Crippen LogP contribution in [0.5, 0.6) is 0 Å². The van der Waals surface area contributed by atoms with Gasteiger partial charge in [0.2, 0.25) is 0 Å². The van der Waals surface area contributed by atoms with Crippen LogP contribution in [-0.4, -0.2) is 35.5 Å². The molecule has 120 valence electrons. The van der Waals surface area contributed by atoms with Crippen molar-refractivity contribution in [3.8, 4) is 0 Å². The maximum atomic E-state index is 12.3. The summed E-state index contributed by atoms with van der Waals surface area (Å²) < 4.78 is 0. The van der Waals surface area contributed by atoms with Gasteiger partial charge in [-0.05, 0) is 19.9 Å². The lowest BCUT2D eigenvalue weighted by Crippen LogP contribution is -2.35. The monoisotopic (exact) mass is 304 g/mol. The van der Waals surface area contributed by atoms with Gasteiger partial charge in [0.05, 0.1) is 5.69 Å². The van der Waals surface area contributed by atoms with Crippen molar-refractivity contribution in [3.63, 3.8) is 0 Å². The molecule has 1 aromatic heterocycles. The molecule has 0 spiro atoms. The molecule has 1 aliphatic rings. The number of nitrogens with zero attached hydrogens (tertiary/aromatic N) is 1. The molecule has 0 aromatic carbocycles. The zero-order valence-corrected chi connectivity index (χ0v) is 13.7. The van der Waals surface area contributed by atoms with Crippen LogP contribution in [0.15, 0.2) is 16.4 Å². The molecule has 6 nitrogen and oxygen atoms in total. The zero-order chi connectivity index (χ0) is 16.3. The minimum atomic E-state index is -0.380. The first-order valence-corrected chi connectivity index (χ1v) is 7.57. The Labute approximate surface area is 130 Å². The number of aromatic nitrogens is 2. The first-order valence-electron chi connectivity index (χ1n) is 7.57.